The quantitative estimate of drug-likeness (QED) is 0.836. The second-order valence-electron chi connectivity index (χ2n) is 3.52. The van der Waals surface area contributed by atoms with Crippen LogP contribution < -0.4 is 0 Å². The van der Waals surface area contributed by atoms with Crippen LogP contribution in [-0.4, -0.2) is 16.2 Å². The van der Waals surface area contributed by atoms with E-state index in [9.17, 15) is 19.5 Å². The van der Waals surface area contributed by atoms with E-state index in [0.717, 1.165) is 0 Å². The van der Waals surface area contributed by atoms with E-state index in [0.29, 0.717) is 10.8 Å². The van der Waals surface area contributed by atoms with Gasteiger partial charge in [0.25, 0.3) is 0 Å². The number of carbonyl (C=O) groups excluding carboxylic acids is 1. The molecule has 0 aromatic heterocycles. The molecule has 0 amide bonds. The van der Waals surface area contributed by atoms with E-state index in [1.54, 1.807) is 30.3 Å². The molecule has 17 heavy (non-hydrogen) atoms. The maximum Gasteiger partial charge on any atom is 0.381 e. The topological polar surface area (TPSA) is 66.8 Å². The van der Waals surface area contributed by atoms with Gasteiger partial charge in [-0.15, -0.1) is 0 Å². The molecule has 88 valence electrons. The van der Waals surface area contributed by atoms with Crippen molar-refractivity contribution in [3.63, 3.8) is 0 Å². The molecule has 1 atom stereocenters. The Hall–Kier alpha value is -2.14. The summed E-state index contributed by atoms with van der Waals surface area (Å²) in [4.78, 5) is 13.9. The summed E-state index contributed by atoms with van der Waals surface area (Å²) in [5.74, 6) is -1.75. The number of hydrogen-bond donors (Lipinski definition) is 2. The van der Waals surface area contributed by atoms with Gasteiger partial charge >= 0.3 is 5.97 Å². The number of fused-ring (bicyclic) bond motifs is 1. The minimum absolute atomic E-state index is 0.0641. The molecule has 0 aliphatic heterocycles. The summed E-state index contributed by atoms with van der Waals surface area (Å²) in [5, 5.41) is 20.4. The molecule has 0 spiro atoms. The number of carbonyl (C=O) groups is 1. The van der Waals surface area contributed by atoms with Crippen molar-refractivity contribution in [1.29, 1.82) is 0 Å². The Kier molecular flexibility index (Phi) is 2.93. The number of aromatic hydroxyl groups is 1. The number of benzene rings is 2. The van der Waals surface area contributed by atoms with Crippen molar-refractivity contribution in [3.8, 4) is 5.75 Å². The van der Waals surface area contributed by atoms with Gasteiger partial charge in [0.15, 0.2) is 6.10 Å². The third-order valence-electron chi connectivity index (χ3n) is 2.52. The maximum atomic E-state index is 11.8. The van der Waals surface area contributed by atoms with E-state index in [-0.39, 0.29) is 11.3 Å². The third kappa shape index (κ3) is 1.92. The van der Waals surface area contributed by atoms with Gasteiger partial charge < -0.3 is 10.2 Å². The fourth-order valence-corrected chi connectivity index (χ4v) is 1.73. The summed E-state index contributed by atoms with van der Waals surface area (Å²) < 4.78 is 11.8. The normalized spacial score (nSPS) is 12.4. The van der Waals surface area contributed by atoms with Crippen molar-refractivity contribution in [2.45, 2.75) is 6.10 Å². The molecule has 4 nitrogen and oxygen atoms in total. The number of hydrogen-bond acceptors (Lipinski definition) is 4. The van der Waals surface area contributed by atoms with Crippen LogP contribution in [0, 0.1) is 0 Å². The smallest absolute Gasteiger partial charge is 0.381 e. The van der Waals surface area contributed by atoms with Crippen LogP contribution in [0.4, 0.5) is 4.53 Å². The summed E-state index contributed by atoms with van der Waals surface area (Å²) in [6.07, 6.45) is -1.86. The summed E-state index contributed by atoms with van der Waals surface area (Å²) in [6.45, 7) is 0. The van der Waals surface area contributed by atoms with Gasteiger partial charge in [-0.1, -0.05) is 30.3 Å². The maximum absolute atomic E-state index is 11.8. The molecule has 2 N–H and O–H groups in total. The first-order valence-corrected chi connectivity index (χ1v) is 4.86. The minimum Gasteiger partial charge on any atom is -0.508 e. The number of aliphatic hydroxyl groups excluding tert-OH is 1. The molecule has 2 aromatic rings. The Bertz CT molecular complexity index is 567. The molecule has 0 fully saturated rings. The van der Waals surface area contributed by atoms with Crippen molar-refractivity contribution < 1.29 is 24.5 Å². The van der Waals surface area contributed by atoms with Gasteiger partial charge in [0.1, 0.15) is 5.75 Å². The lowest BCUT2D eigenvalue weighted by Gasteiger charge is -2.12. The van der Waals surface area contributed by atoms with E-state index in [1.165, 1.54) is 6.07 Å². The molecule has 2 aromatic carbocycles. The highest BCUT2D eigenvalue weighted by Gasteiger charge is 2.25. The fourth-order valence-electron chi connectivity index (χ4n) is 1.73. The molecule has 0 radical (unpaired) electrons. The average molecular weight is 236 g/mol. The zero-order chi connectivity index (χ0) is 12.4. The zero-order valence-electron chi connectivity index (χ0n) is 8.63. The van der Waals surface area contributed by atoms with E-state index in [1.807, 2.05) is 0 Å². The Morgan fingerprint density at radius 3 is 2.65 bits per heavy atom. The van der Waals surface area contributed by atoms with Crippen LogP contribution in [0.15, 0.2) is 36.4 Å². The summed E-state index contributed by atoms with van der Waals surface area (Å²) >= 11 is 0. The molecule has 0 aliphatic rings. The molecule has 5 heteroatoms. The lowest BCUT2D eigenvalue weighted by Crippen LogP contribution is -2.12. The van der Waals surface area contributed by atoms with Crippen molar-refractivity contribution >= 4 is 16.7 Å². The van der Waals surface area contributed by atoms with Crippen LogP contribution >= 0.6 is 0 Å². The molecule has 2 rings (SSSR count). The van der Waals surface area contributed by atoms with Crippen LogP contribution in [0.1, 0.15) is 11.7 Å². The predicted molar refractivity (Wildman–Crippen MR) is 57.8 cm³/mol. The van der Waals surface area contributed by atoms with Gasteiger partial charge in [-0.3, -0.25) is 4.94 Å². The molecule has 0 saturated carbocycles. The number of rotatable bonds is 2. The highest BCUT2D eigenvalue weighted by Crippen LogP contribution is 2.32. The minimum atomic E-state index is -1.86. The lowest BCUT2D eigenvalue weighted by molar-refractivity contribution is -0.194. The molecule has 0 aliphatic carbocycles. The standard InChI is InChI=1S/C12H9FO4/c13-17-12(16)11(15)10-8-4-2-1-3-7(8)5-6-9(10)14/h1-6,11,14-15H. The second-order valence-corrected chi connectivity index (χ2v) is 3.52. The van der Waals surface area contributed by atoms with Gasteiger partial charge in [-0.2, -0.15) is 0 Å². The predicted octanol–water partition coefficient (Wildman–Crippen LogP) is 2.01. The van der Waals surface area contributed by atoms with Crippen LogP contribution in [0.25, 0.3) is 10.8 Å². The zero-order valence-corrected chi connectivity index (χ0v) is 8.63. The molecule has 1 unspecified atom stereocenters. The number of phenolic OH excluding ortho intramolecular Hbond substituents is 1. The van der Waals surface area contributed by atoms with Crippen molar-refractivity contribution in [3.05, 3.63) is 42.0 Å². The molecule has 0 bridgehead atoms. The van der Waals surface area contributed by atoms with Crippen LogP contribution in [-0.2, 0) is 9.74 Å². The van der Waals surface area contributed by atoms with Crippen LogP contribution in [0.5, 0.6) is 5.75 Å². The number of halogens is 1. The average Bonchev–Trinajstić information content (AvgIpc) is 2.37. The second kappa shape index (κ2) is 4.39. The van der Waals surface area contributed by atoms with Crippen LogP contribution in [0.3, 0.4) is 0 Å². The number of phenols is 1. The SMILES string of the molecule is O=C(OF)C(O)c1c(O)ccc2ccccc12. The van der Waals surface area contributed by atoms with E-state index in [2.05, 4.69) is 4.94 Å². The van der Waals surface area contributed by atoms with Crippen molar-refractivity contribution in [2.24, 2.45) is 0 Å². The Balaban J connectivity index is 2.66. The van der Waals surface area contributed by atoms with E-state index >= 15 is 0 Å². The van der Waals surface area contributed by atoms with Gasteiger partial charge in [0.2, 0.25) is 0 Å². The van der Waals surface area contributed by atoms with Gasteiger partial charge in [0, 0.05) is 10.1 Å². The summed E-state index contributed by atoms with van der Waals surface area (Å²) in [6, 6.07) is 9.75. The first-order valence-electron chi connectivity index (χ1n) is 4.86. The molecule has 0 heterocycles. The molecular formula is C12H9FO4. The van der Waals surface area contributed by atoms with Crippen LogP contribution in [0.2, 0.25) is 0 Å². The highest BCUT2D eigenvalue weighted by atomic mass is 19.3. The molecule has 0 saturated heterocycles. The summed E-state index contributed by atoms with van der Waals surface area (Å²) in [7, 11) is 0. The highest BCUT2D eigenvalue weighted by molar-refractivity contribution is 5.92. The first kappa shape index (κ1) is 11.3. The fraction of sp³-hybridized carbons (Fsp3) is 0.0833. The third-order valence-corrected chi connectivity index (χ3v) is 2.52. The summed E-state index contributed by atoms with van der Waals surface area (Å²) in [5.41, 5.74) is -0.0641. The van der Waals surface area contributed by atoms with Crippen molar-refractivity contribution in [2.75, 3.05) is 0 Å². The molecular weight excluding hydrogens is 227 g/mol. The Morgan fingerprint density at radius 1 is 1.24 bits per heavy atom. The lowest BCUT2D eigenvalue weighted by atomic mass is 9.99. The van der Waals surface area contributed by atoms with Gasteiger partial charge in [0.05, 0.1) is 0 Å². The van der Waals surface area contributed by atoms with Gasteiger partial charge in [-0.05, 0) is 16.8 Å². The van der Waals surface area contributed by atoms with Crippen molar-refractivity contribution in [1.82, 2.24) is 0 Å². The Morgan fingerprint density at radius 2 is 1.94 bits per heavy atom. The number of aliphatic hydroxyl groups is 1. The monoisotopic (exact) mass is 236 g/mol. The van der Waals surface area contributed by atoms with E-state index < -0.39 is 12.1 Å². The van der Waals surface area contributed by atoms with E-state index in [4.69, 9.17) is 0 Å². The Labute approximate surface area is 95.8 Å². The first-order chi connectivity index (χ1) is 8.15. The van der Waals surface area contributed by atoms with Gasteiger partial charge in [-0.25, -0.2) is 4.79 Å². The largest absolute Gasteiger partial charge is 0.508 e.